The fraction of sp³-hybridized carbons (Fsp3) is 0.400. The summed E-state index contributed by atoms with van der Waals surface area (Å²) in [6.07, 6.45) is 2.69. The van der Waals surface area contributed by atoms with Crippen molar-refractivity contribution in [3.63, 3.8) is 0 Å². The van der Waals surface area contributed by atoms with Crippen LogP contribution in [0.25, 0.3) is 0 Å². The average Bonchev–Trinajstić information content (AvgIpc) is 2.95. The van der Waals surface area contributed by atoms with E-state index in [1.165, 1.54) is 12.4 Å². The molecule has 0 aliphatic carbocycles. The third-order valence-corrected chi connectivity index (χ3v) is 3.61. The fourth-order valence-electron chi connectivity index (χ4n) is 2.14. The Kier molecular flexibility index (Phi) is 4.90. The molecule has 2 rings (SSSR count). The summed E-state index contributed by atoms with van der Waals surface area (Å²) in [5, 5.41) is 0. The van der Waals surface area contributed by atoms with Gasteiger partial charge in [-0.3, -0.25) is 9.47 Å². The lowest BCUT2D eigenvalue weighted by molar-refractivity contribution is 0.0636. The van der Waals surface area contributed by atoms with Crippen molar-refractivity contribution in [1.82, 2.24) is 14.5 Å². The number of methoxy groups -OCH3 is 1. The maximum absolute atomic E-state index is 12.8. The Hall–Kier alpha value is -1.95. The molecule has 0 saturated heterocycles. The number of nitrogens with zero attached hydrogens (tertiary/aromatic N) is 3. The molecule has 0 fully saturated rings. The third kappa shape index (κ3) is 3.58. The van der Waals surface area contributed by atoms with Gasteiger partial charge in [-0.25, -0.2) is 4.98 Å². The molecule has 0 aliphatic rings. The first kappa shape index (κ1) is 15.4. The van der Waals surface area contributed by atoms with Gasteiger partial charge in [-0.1, -0.05) is 12.1 Å². The maximum atomic E-state index is 12.8. The number of benzene rings is 1. The van der Waals surface area contributed by atoms with Gasteiger partial charge >= 0.3 is 6.55 Å². The van der Waals surface area contributed by atoms with E-state index in [0.717, 1.165) is 15.9 Å². The van der Waals surface area contributed by atoms with Crippen LogP contribution in [-0.2, 0) is 6.54 Å². The van der Waals surface area contributed by atoms with Crippen LogP contribution in [0, 0.1) is 0 Å². The van der Waals surface area contributed by atoms with Crippen molar-refractivity contribution >= 4 is 0 Å². The summed E-state index contributed by atoms with van der Waals surface area (Å²) >= 11 is 0. The Balaban J connectivity index is 2.07. The molecule has 0 spiro atoms. The summed E-state index contributed by atoms with van der Waals surface area (Å²) in [5.74, 6) is 1.15. The van der Waals surface area contributed by atoms with E-state index >= 15 is 0 Å². The monoisotopic (exact) mass is 295 g/mol. The smallest absolute Gasteiger partial charge is 0.319 e. The van der Waals surface area contributed by atoms with Gasteiger partial charge < -0.3 is 4.74 Å². The quantitative estimate of drug-likeness (QED) is 0.817. The zero-order valence-electron chi connectivity index (χ0n) is 12.3. The second kappa shape index (κ2) is 6.67. The van der Waals surface area contributed by atoms with E-state index in [1.807, 2.05) is 43.1 Å². The molecule has 0 N–H and O–H groups in total. The van der Waals surface area contributed by atoms with Crippen LogP contribution in [0.3, 0.4) is 0 Å². The second-order valence-electron chi connectivity index (χ2n) is 4.89. The van der Waals surface area contributed by atoms with Crippen molar-refractivity contribution in [3.8, 4) is 5.75 Å². The maximum Gasteiger partial charge on any atom is 0.319 e. The number of alkyl halides is 2. The van der Waals surface area contributed by atoms with Gasteiger partial charge in [0.2, 0.25) is 0 Å². The summed E-state index contributed by atoms with van der Waals surface area (Å²) < 4.78 is 31.6. The lowest BCUT2D eigenvalue weighted by atomic mass is 10.1. The lowest BCUT2D eigenvalue weighted by Crippen LogP contribution is -2.24. The van der Waals surface area contributed by atoms with Gasteiger partial charge in [0.1, 0.15) is 11.6 Å². The van der Waals surface area contributed by atoms with Crippen molar-refractivity contribution < 1.29 is 13.5 Å². The highest BCUT2D eigenvalue weighted by atomic mass is 19.3. The molecule has 1 aromatic carbocycles. The Morgan fingerprint density at radius 1 is 1.29 bits per heavy atom. The van der Waals surface area contributed by atoms with Gasteiger partial charge in [0.25, 0.3) is 0 Å². The fourth-order valence-corrected chi connectivity index (χ4v) is 2.14. The Bertz CT molecular complexity index is 569. The van der Waals surface area contributed by atoms with Gasteiger partial charge in [-0.05, 0) is 31.7 Å². The first-order valence-electron chi connectivity index (χ1n) is 6.67. The van der Waals surface area contributed by atoms with Crippen LogP contribution in [0.5, 0.6) is 5.75 Å². The summed E-state index contributed by atoms with van der Waals surface area (Å²) in [6.45, 7) is -0.186. The number of rotatable bonds is 6. The van der Waals surface area contributed by atoms with Gasteiger partial charge in [0.15, 0.2) is 0 Å². The summed E-state index contributed by atoms with van der Waals surface area (Å²) in [4.78, 5) is 5.98. The highest BCUT2D eigenvalue weighted by Crippen LogP contribution is 2.23. The largest absolute Gasteiger partial charge is 0.497 e. The highest BCUT2D eigenvalue weighted by molar-refractivity contribution is 5.28. The van der Waals surface area contributed by atoms with Crippen molar-refractivity contribution in [3.05, 3.63) is 48.0 Å². The SMILES string of the molecule is COc1ccc(C(C)N(C)Cc2nccn2C(F)F)cc1. The predicted molar refractivity (Wildman–Crippen MR) is 76.4 cm³/mol. The van der Waals surface area contributed by atoms with Crippen molar-refractivity contribution in [2.24, 2.45) is 0 Å². The molecular formula is C15H19F2N3O. The van der Waals surface area contributed by atoms with E-state index in [-0.39, 0.29) is 6.04 Å². The molecule has 1 atom stereocenters. The molecule has 6 heteroatoms. The van der Waals surface area contributed by atoms with Crippen LogP contribution in [0.4, 0.5) is 8.78 Å². The van der Waals surface area contributed by atoms with Crippen molar-refractivity contribution in [2.45, 2.75) is 26.1 Å². The van der Waals surface area contributed by atoms with Crippen LogP contribution >= 0.6 is 0 Å². The molecule has 1 unspecified atom stereocenters. The molecule has 0 radical (unpaired) electrons. The van der Waals surface area contributed by atoms with Crippen molar-refractivity contribution in [2.75, 3.05) is 14.2 Å². The Labute approximate surface area is 123 Å². The number of hydrogen-bond donors (Lipinski definition) is 0. The summed E-state index contributed by atoms with van der Waals surface area (Å²) in [5.41, 5.74) is 1.09. The van der Waals surface area contributed by atoms with Crippen LogP contribution in [0.1, 0.15) is 30.9 Å². The number of imidazole rings is 1. The van der Waals surface area contributed by atoms with E-state index in [4.69, 9.17) is 4.74 Å². The van der Waals surface area contributed by atoms with Crippen LogP contribution in [0.2, 0.25) is 0 Å². The van der Waals surface area contributed by atoms with Gasteiger partial charge in [0.05, 0.1) is 13.7 Å². The highest BCUT2D eigenvalue weighted by Gasteiger charge is 2.17. The van der Waals surface area contributed by atoms with E-state index < -0.39 is 6.55 Å². The van der Waals surface area contributed by atoms with E-state index in [9.17, 15) is 8.78 Å². The minimum Gasteiger partial charge on any atom is -0.497 e. The minimum absolute atomic E-state index is 0.0822. The van der Waals surface area contributed by atoms with E-state index in [0.29, 0.717) is 12.4 Å². The normalized spacial score (nSPS) is 12.9. The molecule has 1 heterocycles. The Morgan fingerprint density at radius 2 is 1.95 bits per heavy atom. The Morgan fingerprint density at radius 3 is 2.52 bits per heavy atom. The average molecular weight is 295 g/mol. The minimum atomic E-state index is -2.56. The second-order valence-corrected chi connectivity index (χ2v) is 4.89. The predicted octanol–water partition coefficient (Wildman–Crippen LogP) is 3.48. The molecule has 0 amide bonds. The molecule has 4 nitrogen and oxygen atoms in total. The first-order chi connectivity index (χ1) is 10.0. The molecule has 0 aliphatic heterocycles. The molecule has 0 bridgehead atoms. The number of aromatic nitrogens is 2. The van der Waals surface area contributed by atoms with Gasteiger partial charge in [-0.15, -0.1) is 0 Å². The molecule has 21 heavy (non-hydrogen) atoms. The van der Waals surface area contributed by atoms with Crippen molar-refractivity contribution in [1.29, 1.82) is 0 Å². The topological polar surface area (TPSA) is 30.3 Å². The van der Waals surface area contributed by atoms with E-state index in [1.54, 1.807) is 7.11 Å². The standard InChI is InChI=1S/C15H19F2N3O/c1-11(12-4-6-13(21-3)7-5-12)19(2)10-14-18-8-9-20(14)15(16)17/h4-9,11,15H,10H2,1-3H3. The summed E-state index contributed by atoms with van der Waals surface area (Å²) in [6, 6.07) is 7.80. The molecule has 2 aromatic rings. The number of ether oxygens (including phenoxy) is 1. The summed E-state index contributed by atoms with van der Waals surface area (Å²) in [7, 11) is 3.51. The number of halogens is 2. The third-order valence-electron chi connectivity index (χ3n) is 3.61. The van der Waals surface area contributed by atoms with Crippen LogP contribution in [0.15, 0.2) is 36.7 Å². The first-order valence-corrected chi connectivity index (χ1v) is 6.67. The van der Waals surface area contributed by atoms with Crippen LogP contribution < -0.4 is 4.74 Å². The number of hydrogen-bond acceptors (Lipinski definition) is 3. The van der Waals surface area contributed by atoms with Crippen LogP contribution in [-0.4, -0.2) is 28.6 Å². The zero-order valence-corrected chi connectivity index (χ0v) is 12.3. The van der Waals surface area contributed by atoms with Gasteiger partial charge in [0, 0.05) is 18.4 Å². The lowest BCUT2D eigenvalue weighted by Gasteiger charge is -2.25. The zero-order chi connectivity index (χ0) is 15.4. The molecular weight excluding hydrogens is 276 g/mol. The van der Waals surface area contributed by atoms with E-state index in [2.05, 4.69) is 4.98 Å². The van der Waals surface area contributed by atoms with Gasteiger partial charge in [-0.2, -0.15) is 8.78 Å². The molecule has 0 saturated carbocycles. The molecule has 114 valence electrons. The molecule has 1 aromatic heterocycles.